The molecule has 0 N–H and O–H groups in total. The molecule has 0 bridgehead atoms. The summed E-state index contributed by atoms with van der Waals surface area (Å²) in [7, 11) is 1.74. The maximum absolute atomic E-state index is 13.4. The molecule has 8 nitrogen and oxygen atoms in total. The minimum atomic E-state index is -2.54. The molecule has 0 spiro atoms. The fourth-order valence-electron chi connectivity index (χ4n) is 6.01. The molecule has 0 amide bonds. The Morgan fingerprint density at radius 2 is 1.24 bits per heavy atom. The van der Waals surface area contributed by atoms with E-state index >= 15 is 0 Å². The van der Waals surface area contributed by atoms with Gasteiger partial charge in [-0.25, -0.2) is 27.5 Å². The lowest BCUT2D eigenvalue weighted by atomic mass is 10.1. The summed E-state index contributed by atoms with van der Waals surface area (Å²) in [6, 6.07) is 9.66. The Labute approximate surface area is 272 Å². The van der Waals surface area contributed by atoms with E-state index in [1.807, 2.05) is 68.8 Å². The minimum absolute atomic E-state index is 0.00921. The van der Waals surface area contributed by atoms with E-state index in [1.54, 1.807) is 24.7 Å². The molecule has 13 heteroatoms. The number of hydrogen-bond donors (Lipinski definition) is 0. The van der Waals surface area contributed by atoms with Crippen molar-refractivity contribution in [1.82, 2.24) is 33.1 Å². The molecule has 0 radical (unpaired) electrons. The molecule has 5 aromatic heterocycles. The van der Waals surface area contributed by atoms with Crippen molar-refractivity contribution in [3.63, 3.8) is 0 Å². The van der Waals surface area contributed by atoms with Crippen LogP contribution in [-0.4, -0.2) is 71.2 Å². The molecular formula is C33H36BrF4N7O. The number of nitrogens with zero attached hydrogens (tertiary/aromatic N) is 7. The first-order valence-electron chi connectivity index (χ1n) is 15.3. The zero-order valence-electron chi connectivity index (χ0n) is 25.8. The van der Waals surface area contributed by atoms with Gasteiger partial charge in [-0.3, -0.25) is 14.6 Å². The summed E-state index contributed by atoms with van der Waals surface area (Å²) in [6.45, 7) is 4.71. The van der Waals surface area contributed by atoms with Gasteiger partial charge in [0.05, 0.1) is 23.8 Å². The topological polar surface area (TPSA) is 63.1 Å². The molecule has 7 heterocycles. The lowest BCUT2D eigenvalue weighted by Crippen LogP contribution is -2.39. The number of alkyl halides is 4. The van der Waals surface area contributed by atoms with E-state index < -0.39 is 11.8 Å². The molecule has 244 valence electrons. The zero-order valence-corrected chi connectivity index (χ0v) is 27.4. The summed E-state index contributed by atoms with van der Waals surface area (Å²) in [5, 5.41) is 0. The number of aryl methyl sites for hydroxylation is 2. The van der Waals surface area contributed by atoms with Crippen molar-refractivity contribution in [2.24, 2.45) is 7.05 Å². The van der Waals surface area contributed by atoms with Crippen molar-refractivity contribution in [1.29, 1.82) is 0 Å². The third-order valence-electron chi connectivity index (χ3n) is 8.77. The second-order valence-electron chi connectivity index (χ2n) is 12.3. The van der Waals surface area contributed by atoms with Crippen molar-refractivity contribution >= 4 is 27.2 Å². The highest BCUT2D eigenvalue weighted by Crippen LogP contribution is 2.30. The quantitative estimate of drug-likeness (QED) is 0.194. The number of rotatable bonds is 5. The molecule has 0 aliphatic carbocycles. The van der Waals surface area contributed by atoms with Gasteiger partial charge in [0.2, 0.25) is 0 Å². The lowest BCUT2D eigenvalue weighted by Gasteiger charge is -2.31. The molecule has 2 aliphatic rings. The number of fused-ring (bicyclic) bond motifs is 2. The number of halogens is 5. The average Bonchev–Trinajstić information content (AvgIpc) is 3.61. The molecule has 46 heavy (non-hydrogen) atoms. The molecule has 0 unspecified atom stereocenters. The van der Waals surface area contributed by atoms with Crippen molar-refractivity contribution in [3.8, 4) is 11.1 Å². The first-order valence-corrected chi connectivity index (χ1v) is 16.1. The number of aromatic nitrogens is 5. The van der Waals surface area contributed by atoms with Gasteiger partial charge in [0.1, 0.15) is 11.3 Å². The third kappa shape index (κ3) is 7.37. The van der Waals surface area contributed by atoms with E-state index in [0.29, 0.717) is 44.8 Å². The van der Waals surface area contributed by atoms with E-state index in [9.17, 15) is 22.4 Å². The van der Waals surface area contributed by atoms with Crippen molar-refractivity contribution in [2.75, 3.05) is 26.2 Å². The Morgan fingerprint density at radius 1 is 0.739 bits per heavy atom. The fraction of sp³-hybridized carbons (Fsp3) is 0.424. The highest BCUT2D eigenvalue weighted by Gasteiger charge is 2.35. The highest BCUT2D eigenvalue weighted by molar-refractivity contribution is 9.10. The molecule has 5 aromatic rings. The Bertz CT molecular complexity index is 1870. The Morgan fingerprint density at radius 3 is 1.76 bits per heavy atom. The lowest BCUT2D eigenvalue weighted by molar-refractivity contribution is -0.0573. The van der Waals surface area contributed by atoms with E-state index in [2.05, 4.69) is 30.8 Å². The first-order chi connectivity index (χ1) is 21.9. The molecule has 0 aromatic carbocycles. The van der Waals surface area contributed by atoms with Crippen LogP contribution in [0.2, 0.25) is 0 Å². The molecule has 2 saturated heterocycles. The smallest absolute Gasteiger partial charge is 0.253 e. The molecule has 0 atom stereocenters. The second kappa shape index (κ2) is 12.9. The van der Waals surface area contributed by atoms with Crippen LogP contribution in [0.25, 0.3) is 22.4 Å². The Hall–Kier alpha value is -3.55. The van der Waals surface area contributed by atoms with Crippen molar-refractivity contribution < 1.29 is 17.6 Å². The summed E-state index contributed by atoms with van der Waals surface area (Å²) in [6.07, 6.45) is 9.11. The van der Waals surface area contributed by atoms with Gasteiger partial charge in [-0.05, 0) is 64.3 Å². The summed E-state index contributed by atoms with van der Waals surface area (Å²) in [4.78, 5) is 24.8. The predicted octanol–water partition coefficient (Wildman–Crippen LogP) is 6.57. The van der Waals surface area contributed by atoms with E-state index in [-0.39, 0.29) is 31.2 Å². The Kier molecular flexibility index (Phi) is 9.10. The van der Waals surface area contributed by atoms with Crippen LogP contribution in [0.5, 0.6) is 0 Å². The maximum atomic E-state index is 13.4. The standard InChI is InChI=1S/C20H22F2N4O.C13H14BrF2N3/c1-14-9-16(11-24(2)19(14)27)15-3-4-18-23-10-17(26(18)12-15)13-25-7-5-20(21,22)6-8-25;14-10-1-2-12-17-7-11(19(12)8-10)9-18-5-3-13(15,16)4-6-18/h3-4,9-12H,5-8,13H2,1-2H3;1-2,7-8H,3-6,9H2. The van der Waals surface area contributed by atoms with Gasteiger partial charge in [-0.2, -0.15) is 0 Å². The number of pyridine rings is 3. The molecular weight excluding hydrogens is 666 g/mol. The SMILES string of the molecule is Cc1cc(-c2ccc3ncc(CN4CCC(F)(F)CC4)n3c2)cn(C)c1=O.FC1(F)CCN(Cc2cnc3ccc(Br)cn23)CC1. The number of imidazole rings is 2. The van der Waals surface area contributed by atoms with Crippen LogP contribution in [0.4, 0.5) is 17.6 Å². The number of likely N-dealkylation sites (tertiary alicyclic amines) is 2. The van der Waals surface area contributed by atoms with Crippen LogP contribution < -0.4 is 5.56 Å². The normalized spacial score (nSPS) is 18.5. The van der Waals surface area contributed by atoms with Crippen LogP contribution in [0.1, 0.15) is 42.6 Å². The second-order valence-corrected chi connectivity index (χ2v) is 13.2. The number of piperidine rings is 2. The van der Waals surface area contributed by atoms with Gasteiger partial charge in [0.25, 0.3) is 17.4 Å². The molecule has 7 rings (SSSR count). The number of hydrogen-bond acceptors (Lipinski definition) is 5. The molecule has 0 saturated carbocycles. The van der Waals surface area contributed by atoms with Crippen LogP contribution >= 0.6 is 15.9 Å². The van der Waals surface area contributed by atoms with E-state index in [4.69, 9.17) is 0 Å². The molecule has 2 fully saturated rings. The van der Waals surface area contributed by atoms with Gasteiger partial charge in [-0.15, -0.1) is 0 Å². The van der Waals surface area contributed by atoms with Crippen LogP contribution in [0, 0.1) is 6.92 Å². The third-order valence-corrected chi connectivity index (χ3v) is 9.24. The van der Waals surface area contributed by atoms with Gasteiger partial charge >= 0.3 is 0 Å². The van der Waals surface area contributed by atoms with E-state index in [0.717, 1.165) is 38.3 Å². The molecule has 2 aliphatic heterocycles. The largest absolute Gasteiger partial charge is 0.318 e. The predicted molar refractivity (Wildman–Crippen MR) is 172 cm³/mol. The zero-order chi connectivity index (χ0) is 32.6. The van der Waals surface area contributed by atoms with E-state index in [1.165, 1.54) is 0 Å². The van der Waals surface area contributed by atoms with Crippen molar-refractivity contribution in [2.45, 2.75) is 57.5 Å². The fourth-order valence-corrected chi connectivity index (χ4v) is 6.35. The summed E-state index contributed by atoms with van der Waals surface area (Å²) < 4.78 is 59.5. The van der Waals surface area contributed by atoms with Gasteiger partial charge in [0.15, 0.2) is 0 Å². The van der Waals surface area contributed by atoms with Gasteiger partial charge in [0, 0.05) is 101 Å². The van der Waals surface area contributed by atoms with Gasteiger partial charge < -0.3 is 13.4 Å². The van der Waals surface area contributed by atoms with Crippen molar-refractivity contribution in [3.05, 3.63) is 93.1 Å². The summed E-state index contributed by atoms with van der Waals surface area (Å²) in [5.41, 5.74) is 6.30. The maximum Gasteiger partial charge on any atom is 0.253 e. The summed E-state index contributed by atoms with van der Waals surface area (Å²) >= 11 is 3.43. The van der Waals surface area contributed by atoms with Crippen LogP contribution in [-0.2, 0) is 20.1 Å². The first kappa shape index (κ1) is 32.4. The van der Waals surface area contributed by atoms with Crippen LogP contribution in [0.3, 0.4) is 0 Å². The van der Waals surface area contributed by atoms with Gasteiger partial charge in [-0.1, -0.05) is 0 Å². The monoisotopic (exact) mass is 701 g/mol. The highest BCUT2D eigenvalue weighted by atomic mass is 79.9. The minimum Gasteiger partial charge on any atom is -0.318 e. The summed E-state index contributed by atoms with van der Waals surface area (Å²) in [5.74, 6) is -5.02. The Balaban J connectivity index is 0.000000172. The average molecular weight is 703 g/mol. The van der Waals surface area contributed by atoms with Crippen LogP contribution in [0.15, 0.2) is 70.6 Å².